The number of hydrogen-bond acceptors (Lipinski definition) is 4. The Balaban J connectivity index is 1.89. The van der Waals surface area contributed by atoms with Gasteiger partial charge in [-0.25, -0.2) is 13.2 Å². The highest BCUT2D eigenvalue weighted by atomic mass is 32.2. The SMILES string of the molecule is CCc1c(NC(=O)NC[C@H]2CCS(=O)(=O)C2)cnn1CC(C)C. The first-order chi connectivity index (χ1) is 10.8. The van der Waals surface area contributed by atoms with E-state index in [4.69, 9.17) is 0 Å². The van der Waals surface area contributed by atoms with E-state index in [1.54, 1.807) is 6.20 Å². The number of hydrogen-bond donors (Lipinski definition) is 2. The maximum atomic E-state index is 12.0. The van der Waals surface area contributed by atoms with Gasteiger partial charge < -0.3 is 10.6 Å². The summed E-state index contributed by atoms with van der Waals surface area (Å²) < 4.78 is 24.7. The normalized spacial score (nSPS) is 19.9. The molecule has 0 saturated carbocycles. The third-order valence-corrected chi connectivity index (χ3v) is 5.78. The standard InChI is InChI=1S/C15H26N4O3S/c1-4-14-13(8-17-19(14)9-11(2)3)18-15(20)16-7-12-5-6-23(21,22)10-12/h8,11-12H,4-7,9-10H2,1-3H3,(H2,16,18,20)/t12-/m1/s1. The molecule has 23 heavy (non-hydrogen) atoms. The van der Waals surface area contributed by atoms with E-state index in [2.05, 4.69) is 29.6 Å². The molecule has 1 atom stereocenters. The van der Waals surface area contributed by atoms with Gasteiger partial charge in [0.15, 0.2) is 9.84 Å². The zero-order chi connectivity index (χ0) is 17.0. The van der Waals surface area contributed by atoms with Crippen molar-refractivity contribution in [3.05, 3.63) is 11.9 Å². The summed E-state index contributed by atoms with van der Waals surface area (Å²) in [7, 11) is -2.91. The number of carbonyl (C=O) groups excluding carboxylic acids is 1. The lowest BCUT2D eigenvalue weighted by molar-refractivity contribution is 0.250. The topological polar surface area (TPSA) is 93.1 Å². The Bertz CT molecular complexity index is 652. The van der Waals surface area contributed by atoms with E-state index in [1.165, 1.54) is 0 Å². The van der Waals surface area contributed by atoms with Crippen LogP contribution in [0.5, 0.6) is 0 Å². The molecule has 2 N–H and O–H groups in total. The van der Waals surface area contributed by atoms with Gasteiger partial charge in [-0.05, 0) is 24.7 Å². The van der Waals surface area contributed by atoms with Gasteiger partial charge in [-0.3, -0.25) is 4.68 Å². The van der Waals surface area contributed by atoms with Crippen LogP contribution in [-0.4, -0.2) is 42.3 Å². The summed E-state index contributed by atoms with van der Waals surface area (Å²) in [6, 6.07) is -0.312. The summed E-state index contributed by atoms with van der Waals surface area (Å²) in [6.45, 7) is 7.46. The number of rotatable bonds is 6. The summed E-state index contributed by atoms with van der Waals surface area (Å²) >= 11 is 0. The van der Waals surface area contributed by atoms with Gasteiger partial charge in [0.1, 0.15) is 0 Å². The fraction of sp³-hybridized carbons (Fsp3) is 0.733. The third kappa shape index (κ3) is 4.95. The number of nitrogens with zero attached hydrogens (tertiary/aromatic N) is 2. The summed E-state index contributed by atoms with van der Waals surface area (Å²) in [4.78, 5) is 12.0. The highest BCUT2D eigenvalue weighted by Crippen LogP contribution is 2.18. The van der Waals surface area contributed by atoms with Crippen molar-refractivity contribution in [2.24, 2.45) is 11.8 Å². The van der Waals surface area contributed by atoms with Crippen LogP contribution in [0.2, 0.25) is 0 Å². The Morgan fingerprint density at radius 2 is 2.22 bits per heavy atom. The van der Waals surface area contributed by atoms with Crippen molar-refractivity contribution in [1.29, 1.82) is 0 Å². The minimum Gasteiger partial charge on any atom is -0.338 e. The van der Waals surface area contributed by atoms with Gasteiger partial charge in [0.2, 0.25) is 0 Å². The number of sulfone groups is 1. The van der Waals surface area contributed by atoms with E-state index in [1.807, 2.05) is 11.6 Å². The minimum atomic E-state index is -2.91. The fourth-order valence-electron chi connectivity index (χ4n) is 2.83. The second kappa shape index (κ2) is 7.33. The van der Waals surface area contributed by atoms with Crippen molar-refractivity contribution in [1.82, 2.24) is 15.1 Å². The lowest BCUT2D eigenvalue weighted by Crippen LogP contribution is -2.33. The molecule has 1 aromatic rings. The molecule has 0 unspecified atom stereocenters. The van der Waals surface area contributed by atoms with Gasteiger partial charge in [-0.2, -0.15) is 5.10 Å². The molecular formula is C15H26N4O3S. The van der Waals surface area contributed by atoms with Gasteiger partial charge >= 0.3 is 6.03 Å². The van der Waals surface area contributed by atoms with Crippen LogP contribution in [0.25, 0.3) is 0 Å². The van der Waals surface area contributed by atoms with Gasteiger partial charge in [0, 0.05) is 13.1 Å². The van der Waals surface area contributed by atoms with Gasteiger partial charge in [-0.1, -0.05) is 20.8 Å². The van der Waals surface area contributed by atoms with Gasteiger partial charge in [0.25, 0.3) is 0 Å². The first kappa shape index (κ1) is 17.8. The molecule has 0 aromatic carbocycles. The largest absolute Gasteiger partial charge is 0.338 e. The molecule has 1 fully saturated rings. The van der Waals surface area contributed by atoms with E-state index < -0.39 is 9.84 Å². The van der Waals surface area contributed by atoms with Crippen LogP contribution in [0.3, 0.4) is 0 Å². The molecule has 1 saturated heterocycles. The average molecular weight is 342 g/mol. The van der Waals surface area contributed by atoms with Crippen molar-refractivity contribution in [2.75, 3.05) is 23.4 Å². The molecule has 0 spiro atoms. The fourth-order valence-corrected chi connectivity index (χ4v) is 4.69. The Kier molecular flexibility index (Phi) is 5.67. The Hall–Kier alpha value is -1.57. The molecule has 2 rings (SSSR count). The summed E-state index contributed by atoms with van der Waals surface area (Å²) in [6.07, 6.45) is 3.07. The molecule has 0 aliphatic carbocycles. The van der Waals surface area contributed by atoms with Crippen LogP contribution in [0.15, 0.2) is 6.20 Å². The molecule has 0 radical (unpaired) electrons. The summed E-state index contributed by atoms with van der Waals surface area (Å²) in [5, 5.41) is 9.91. The second-order valence-electron chi connectivity index (χ2n) is 6.54. The van der Waals surface area contributed by atoms with Crippen LogP contribution in [-0.2, 0) is 22.8 Å². The third-order valence-electron chi connectivity index (χ3n) is 3.95. The van der Waals surface area contributed by atoms with E-state index in [-0.39, 0.29) is 23.5 Å². The highest BCUT2D eigenvalue weighted by Gasteiger charge is 2.28. The van der Waals surface area contributed by atoms with E-state index in [9.17, 15) is 13.2 Å². The van der Waals surface area contributed by atoms with Crippen molar-refractivity contribution < 1.29 is 13.2 Å². The molecule has 2 heterocycles. The van der Waals surface area contributed by atoms with E-state index >= 15 is 0 Å². The molecule has 1 aliphatic heterocycles. The summed E-state index contributed by atoms with van der Waals surface area (Å²) in [5.74, 6) is 0.883. The Labute approximate surface area is 137 Å². The quantitative estimate of drug-likeness (QED) is 0.822. The Morgan fingerprint density at radius 1 is 1.48 bits per heavy atom. The Morgan fingerprint density at radius 3 is 2.78 bits per heavy atom. The van der Waals surface area contributed by atoms with Crippen LogP contribution in [0, 0.1) is 11.8 Å². The van der Waals surface area contributed by atoms with Crippen molar-refractivity contribution >= 4 is 21.6 Å². The second-order valence-corrected chi connectivity index (χ2v) is 8.77. The number of carbonyl (C=O) groups is 1. The summed E-state index contributed by atoms with van der Waals surface area (Å²) in [5.41, 5.74) is 1.71. The van der Waals surface area contributed by atoms with Crippen LogP contribution in [0.4, 0.5) is 10.5 Å². The first-order valence-electron chi connectivity index (χ1n) is 8.10. The maximum absolute atomic E-state index is 12.0. The number of nitrogens with one attached hydrogen (secondary N) is 2. The number of anilines is 1. The number of amides is 2. The van der Waals surface area contributed by atoms with Crippen LogP contribution < -0.4 is 10.6 Å². The van der Waals surface area contributed by atoms with E-state index in [0.29, 0.717) is 24.6 Å². The molecule has 1 aromatic heterocycles. The molecule has 0 bridgehead atoms. The molecule has 7 nitrogen and oxygen atoms in total. The molecular weight excluding hydrogens is 316 g/mol. The first-order valence-corrected chi connectivity index (χ1v) is 9.92. The number of aromatic nitrogens is 2. The van der Waals surface area contributed by atoms with Crippen LogP contribution in [0.1, 0.15) is 32.9 Å². The predicted molar refractivity (Wildman–Crippen MR) is 90.2 cm³/mol. The highest BCUT2D eigenvalue weighted by molar-refractivity contribution is 7.91. The van der Waals surface area contributed by atoms with Crippen molar-refractivity contribution in [2.45, 2.75) is 40.2 Å². The monoisotopic (exact) mass is 342 g/mol. The zero-order valence-electron chi connectivity index (χ0n) is 14.0. The van der Waals surface area contributed by atoms with Gasteiger partial charge in [-0.15, -0.1) is 0 Å². The zero-order valence-corrected chi connectivity index (χ0v) is 14.8. The maximum Gasteiger partial charge on any atom is 0.319 e. The van der Waals surface area contributed by atoms with Crippen LogP contribution >= 0.6 is 0 Å². The molecule has 8 heteroatoms. The lowest BCUT2D eigenvalue weighted by atomic mass is 10.1. The molecule has 1 aliphatic rings. The number of urea groups is 1. The van der Waals surface area contributed by atoms with Gasteiger partial charge in [0.05, 0.1) is 29.1 Å². The smallest absolute Gasteiger partial charge is 0.319 e. The molecule has 130 valence electrons. The average Bonchev–Trinajstić information content (AvgIpc) is 2.99. The minimum absolute atomic E-state index is 0.0139. The van der Waals surface area contributed by atoms with E-state index in [0.717, 1.165) is 18.7 Å². The lowest BCUT2D eigenvalue weighted by Gasteiger charge is -2.12. The van der Waals surface area contributed by atoms with Crippen molar-refractivity contribution in [3.8, 4) is 0 Å². The predicted octanol–water partition coefficient (Wildman–Crippen LogP) is 1.66. The van der Waals surface area contributed by atoms with Crippen molar-refractivity contribution in [3.63, 3.8) is 0 Å². The molecule has 2 amide bonds.